The maximum Gasteiger partial charge on any atom is 0.251 e. The van der Waals surface area contributed by atoms with Gasteiger partial charge < -0.3 is 0 Å². The number of benzene rings is 1. The topological polar surface area (TPSA) is 3.24 Å². The van der Waals surface area contributed by atoms with Crippen molar-refractivity contribution in [3.8, 4) is 0 Å². The van der Waals surface area contributed by atoms with Crippen molar-refractivity contribution < 1.29 is 8.78 Å². The van der Waals surface area contributed by atoms with Gasteiger partial charge in [0.15, 0.2) is 0 Å². The van der Waals surface area contributed by atoms with Gasteiger partial charge in [-0.2, -0.15) is 0 Å². The number of rotatable bonds is 3. The van der Waals surface area contributed by atoms with Crippen LogP contribution in [0.1, 0.15) is 23.6 Å². The van der Waals surface area contributed by atoms with Crippen LogP contribution in [0.4, 0.5) is 8.78 Å². The molecule has 16 heavy (non-hydrogen) atoms. The zero-order valence-electron chi connectivity index (χ0n) is 9.55. The molecule has 0 fully saturated rings. The van der Waals surface area contributed by atoms with Gasteiger partial charge in [-0.25, -0.2) is 8.78 Å². The maximum absolute atomic E-state index is 12.3. The second-order valence-corrected chi connectivity index (χ2v) is 4.33. The van der Waals surface area contributed by atoms with Gasteiger partial charge in [-0.3, -0.25) is 4.90 Å². The van der Waals surface area contributed by atoms with Crippen LogP contribution in [-0.2, 0) is 19.4 Å². The van der Waals surface area contributed by atoms with Gasteiger partial charge in [0.25, 0.3) is 6.43 Å². The van der Waals surface area contributed by atoms with Gasteiger partial charge in [0.1, 0.15) is 0 Å². The van der Waals surface area contributed by atoms with Crippen LogP contribution in [0.5, 0.6) is 0 Å². The average Bonchev–Trinajstić information content (AvgIpc) is 2.27. The average molecular weight is 225 g/mol. The Morgan fingerprint density at radius 3 is 2.81 bits per heavy atom. The van der Waals surface area contributed by atoms with E-state index in [4.69, 9.17) is 0 Å². The lowest BCUT2D eigenvalue weighted by molar-refractivity contribution is 0.0820. The molecule has 0 unspecified atom stereocenters. The van der Waals surface area contributed by atoms with E-state index in [9.17, 15) is 8.78 Å². The summed E-state index contributed by atoms with van der Waals surface area (Å²) in [5.74, 6) is 0. The lowest BCUT2D eigenvalue weighted by Gasteiger charge is -2.28. The highest BCUT2D eigenvalue weighted by atomic mass is 19.3. The molecule has 1 aromatic rings. The van der Waals surface area contributed by atoms with Crippen LogP contribution in [0.25, 0.3) is 0 Å². The third-order valence-electron chi connectivity index (χ3n) is 3.17. The summed E-state index contributed by atoms with van der Waals surface area (Å²) in [5.41, 5.74) is 3.84. The Bertz CT molecular complexity index is 363. The lowest BCUT2D eigenvalue weighted by Crippen LogP contribution is -2.34. The van der Waals surface area contributed by atoms with Gasteiger partial charge in [-0.05, 0) is 29.5 Å². The summed E-state index contributed by atoms with van der Waals surface area (Å²) in [4.78, 5) is 1.84. The minimum atomic E-state index is -2.23. The van der Waals surface area contributed by atoms with E-state index in [2.05, 4.69) is 25.1 Å². The lowest BCUT2D eigenvalue weighted by atomic mass is 9.97. The molecule has 1 aromatic carbocycles. The fourth-order valence-corrected chi connectivity index (χ4v) is 2.24. The van der Waals surface area contributed by atoms with Gasteiger partial charge in [0.05, 0.1) is 6.54 Å². The number of nitrogens with zero attached hydrogens (tertiary/aromatic N) is 1. The molecule has 0 saturated carbocycles. The first-order valence-corrected chi connectivity index (χ1v) is 5.80. The number of fused-ring (bicyclic) bond motifs is 1. The molecular weight excluding hydrogens is 208 g/mol. The van der Waals surface area contributed by atoms with Crippen molar-refractivity contribution in [2.45, 2.75) is 32.7 Å². The van der Waals surface area contributed by atoms with Crippen LogP contribution in [0.2, 0.25) is 0 Å². The number of aryl methyl sites for hydroxylation is 1. The van der Waals surface area contributed by atoms with Crippen molar-refractivity contribution in [1.82, 2.24) is 4.90 Å². The van der Waals surface area contributed by atoms with Crippen molar-refractivity contribution in [1.29, 1.82) is 0 Å². The second kappa shape index (κ2) is 4.91. The summed E-state index contributed by atoms with van der Waals surface area (Å²) in [6.07, 6.45) is -0.329. The predicted octanol–water partition coefficient (Wildman–Crippen LogP) is 2.87. The quantitative estimate of drug-likeness (QED) is 0.764. The smallest absolute Gasteiger partial charge is 0.251 e. The SMILES string of the molecule is CCc1ccc2c(c1)CN(CC(F)F)CC2. The molecule has 2 rings (SSSR count). The predicted molar refractivity (Wildman–Crippen MR) is 60.8 cm³/mol. The Kier molecular flexibility index (Phi) is 3.54. The van der Waals surface area contributed by atoms with Crippen LogP contribution < -0.4 is 0 Å². The van der Waals surface area contributed by atoms with Crippen LogP contribution >= 0.6 is 0 Å². The molecule has 0 atom stereocenters. The maximum atomic E-state index is 12.3. The van der Waals surface area contributed by atoms with Gasteiger partial charge in [0.2, 0.25) is 0 Å². The second-order valence-electron chi connectivity index (χ2n) is 4.33. The third kappa shape index (κ3) is 2.59. The first-order chi connectivity index (χ1) is 7.69. The molecule has 0 amide bonds. The Morgan fingerprint density at radius 1 is 1.31 bits per heavy atom. The van der Waals surface area contributed by atoms with Crippen molar-refractivity contribution >= 4 is 0 Å². The number of hydrogen-bond donors (Lipinski definition) is 0. The van der Waals surface area contributed by atoms with Crippen LogP contribution in [0, 0.1) is 0 Å². The van der Waals surface area contributed by atoms with Crippen LogP contribution in [0.3, 0.4) is 0 Å². The number of halogens is 2. The number of alkyl halides is 2. The first kappa shape index (κ1) is 11.5. The van der Waals surface area contributed by atoms with Gasteiger partial charge >= 0.3 is 0 Å². The van der Waals surface area contributed by atoms with E-state index in [1.807, 2.05) is 4.90 Å². The summed E-state index contributed by atoms with van der Waals surface area (Å²) in [6.45, 7) is 3.44. The monoisotopic (exact) mass is 225 g/mol. The highest BCUT2D eigenvalue weighted by Crippen LogP contribution is 2.21. The van der Waals surface area contributed by atoms with Crippen molar-refractivity contribution in [2.24, 2.45) is 0 Å². The summed E-state index contributed by atoms with van der Waals surface area (Å²) in [6, 6.07) is 6.45. The van der Waals surface area contributed by atoms with Gasteiger partial charge in [0, 0.05) is 13.1 Å². The highest BCUT2D eigenvalue weighted by Gasteiger charge is 2.18. The number of hydrogen-bond acceptors (Lipinski definition) is 1. The molecular formula is C13H17F2N. The van der Waals surface area contributed by atoms with Crippen molar-refractivity contribution in [2.75, 3.05) is 13.1 Å². The fourth-order valence-electron chi connectivity index (χ4n) is 2.24. The Balaban J connectivity index is 2.12. The molecule has 1 heterocycles. The molecule has 3 heteroatoms. The normalized spacial score (nSPS) is 16.5. The molecule has 0 N–H and O–H groups in total. The van der Waals surface area contributed by atoms with Gasteiger partial charge in [-0.15, -0.1) is 0 Å². The van der Waals surface area contributed by atoms with E-state index in [-0.39, 0.29) is 6.54 Å². The molecule has 1 aliphatic rings. The molecule has 0 aromatic heterocycles. The Morgan fingerprint density at radius 2 is 2.12 bits per heavy atom. The van der Waals surface area contributed by atoms with Crippen LogP contribution in [-0.4, -0.2) is 24.4 Å². The van der Waals surface area contributed by atoms with E-state index in [0.29, 0.717) is 6.54 Å². The summed E-state index contributed by atoms with van der Waals surface area (Å²) >= 11 is 0. The summed E-state index contributed by atoms with van der Waals surface area (Å²) in [5, 5.41) is 0. The molecule has 0 bridgehead atoms. The zero-order valence-corrected chi connectivity index (χ0v) is 9.55. The minimum absolute atomic E-state index is 0.101. The molecule has 0 aliphatic carbocycles. The zero-order chi connectivity index (χ0) is 11.5. The van der Waals surface area contributed by atoms with E-state index >= 15 is 0 Å². The Hall–Kier alpha value is -0.960. The fraction of sp³-hybridized carbons (Fsp3) is 0.538. The highest BCUT2D eigenvalue weighted by molar-refractivity contribution is 5.33. The molecule has 1 aliphatic heterocycles. The van der Waals surface area contributed by atoms with Crippen molar-refractivity contribution in [3.05, 3.63) is 34.9 Å². The van der Waals surface area contributed by atoms with E-state index in [1.165, 1.54) is 16.7 Å². The molecule has 88 valence electrons. The van der Waals surface area contributed by atoms with E-state index in [1.54, 1.807) is 0 Å². The minimum Gasteiger partial charge on any atom is -0.293 e. The third-order valence-corrected chi connectivity index (χ3v) is 3.17. The van der Waals surface area contributed by atoms with E-state index < -0.39 is 6.43 Å². The van der Waals surface area contributed by atoms with Gasteiger partial charge in [-0.1, -0.05) is 25.1 Å². The van der Waals surface area contributed by atoms with Crippen LogP contribution in [0.15, 0.2) is 18.2 Å². The summed E-state index contributed by atoms with van der Waals surface area (Å²) < 4.78 is 24.6. The standard InChI is InChI=1S/C13H17F2N/c1-2-10-3-4-11-5-6-16(9-13(14)15)8-12(11)7-10/h3-4,7,13H,2,5-6,8-9H2,1H3. The largest absolute Gasteiger partial charge is 0.293 e. The van der Waals surface area contributed by atoms with E-state index in [0.717, 1.165) is 19.4 Å². The molecule has 0 saturated heterocycles. The summed E-state index contributed by atoms with van der Waals surface area (Å²) in [7, 11) is 0. The molecule has 0 radical (unpaired) electrons. The Labute approximate surface area is 95.1 Å². The molecule has 0 spiro atoms. The molecule has 1 nitrogen and oxygen atoms in total. The first-order valence-electron chi connectivity index (χ1n) is 5.80. The van der Waals surface area contributed by atoms with Crippen molar-refractivity contribution in [3.63, 3.8) is 0 Å².